The summed E-state index contributed by atoms with van der Waals surface area (Å²) >= 11 is 0. The molecule has 39 heavy (non-hydrogen) atoms. The summed E-state index contributed by atoms with van der Waals surface area (Å²) in [7, 11) is -2.07. The first-order valence-electron chi connectivity index (χ1n) is 13.3. The lowest BCUT2D eigenvalue weighted by Crippen LogP contribution is -2.39. The Kier molecular flexibility index (Phi) is 14.7. The average molecular weight is 576 g/mol. The Labute approximate surface area is 233 Å². The number of likely N-dealkylation sites (N-methyl/N-ethyl adjacent to an activating group) is 1. The summed E-state index contributed by atoms with van der Waals surface area (Å²) < 4.78 is 62.7. The number of ether oxygens (including phenoxy) is 6. The number of benzene rings is 1. The molecule has 1 saturated carbocycles. The van der Waals surface area contributed by atoms with Gasteiger partial charge in [0, 0.05) is 26.4 Å². The normalized spacial score (nSPS) is 17.6. The summed E-state index contributed by atoms with van der Waals surface area (Å²) in [4.78, 5) is 13.5. The predicted molar refractivity (Wildman–Crippen MR) is 144 cm³/mol. The molecule has 0 atom stereocenters. The Balaban J connectivity index is 1.33. The van der Waals surface area contributed by atoms with Gasteiger partial charge in [0.25, 0.3) is 10.1 Å². The molecule has 0 saturated heterocycles. The van der Waals surface area contributed by atoms with E-state index >= 15 is 0 Å². The van der Waals surface area contributed by atoms with Crippen molar-refractivity contribution in [3.05, 3.63) is 29.8 Å². The van der Waals surface area contributed by atoms with Crippen LogP contribution in [-0.4, -0.2) is 110 Å². The highest BCUT2D eigenvalue weighted by atomic mass is 32.2. The van der Waals surface area contributed by atoms with E-state index in [9.17, 15) is 13.2 Å². The molecular formula is C27H45NO10S. The van der Waals surface area contributed by atoms with E-state index in [1.54, 1.807) is 31.3 Å². The predicted octanol–water partition coefficient (Wildman–Crippen LogP) is 3.18. The first-order chi connectivity index (χ1) is 18.5. The molecule has 1 aromatic rings. The van der Waals surface area contributed by atoms with Gasteiger partial charge in [0.05, 0.1) is 76.6 Å². The van der Waals surface area contributed by atoms with E-state index in [0.717, 1.165) is 5.56 Å². The molecule has 0 aromatic heterocycles. The van der Waals surface area contributed by atoms with Gasteiger partial charge >= 0.3 is 6.09 Å². The first-order valence-corrected chi connectivity index (χ1v) is 14.7. The molecule has 0 N–H and O–H groups in total. The standard InChI is InChI=1S/C27H45NO10S/c1-22-6-8-25(9-7-22)39(30,31)38-24-20-23(21-24)36-19-18-35-17-16-34-15-14-33-13-12-32-11-10-28(5)26(29)37-27(2,3)4/h6-9,23-24H,10-21H2,1-5H3. The minimum atomic E-state index is -3.75. The van der Waals surface area contributed by atoms with Gasteiger partial charge in [-0.1, -0.05) is 17.7 Å². The van der Waals surface area contributed by atoms with Gasteiger partial charge in [-0.2, -0.15) is 8.42 Å². The lowest BCUT2D eigenvalue weighted by atomic mass is 9.92. The van der Waals surface area contributed by atoms with Gasteiger partial charge in [0.1, 0.15) is 5.60 Å². The summed E-state index contributed by atoms with van der Waals surface area (Å²) in [5, 5.41) is 0. The minimum absolute atomic E-state index is 0.0184. The van der Waals surface area contributed by atoms with Crippen LogP contribution in [-0.2, 0) is 42.7 Å². The second-order valence-corrected chi connectivity index (χ2v) is 11.9. The van der Waals surface area contributed by atoms with Crippen LogP contribution in [0.4, 0.5) is 4.79 Å². The molecule has 1 amide bonds. The van der Waals surface area contributed by atoms with Crippen LogP contribution in [0.25, 0.3) is 0 Å². The molecule has 0 spiro atoms. The molecule has 0 heterocycles. The molecule has 11 nitrogen and oxygen atoms in total. The second kappa shape index (κ2) is 17.1. The molecule has 0 unspecified atom stereocenters. The van der Waals surface area contributed by atoms with Crippen LogP contribution < -0.4 is 0 Å². The number of nitrogens with zero attached hydrogens (tertiary/aromatic N) is 1. The summed E-state index contributed by atoms with van der Waals surface area (Å²) in [6.45, 7) is 11.8. The van der Waals surface area contributed by atoms with Crippen molar-refractivity contribution in [2.45, 2.75) is 63.2 Å². The van der Waals surface area contributed by atoms with E-state index in [1.807, 2.05) is 27.7 Å². The number of aryl methyl sites for hydroxylation is 1. The molecule has 0 aliphatic heterocycles. The van der Waals surface area contributed by atoms with Crippen molar-refractivity contribution < 1.29 is 45.8 Å². The third-order valence-electron chi connectivity index (χ3n) is 5.60. The van der Waals surface area contributed by atoms with E-state index in [2.05, 4.69) is 0 Å². The third kappa shape index (κ3) is 14.4. The Morgan fingerprint density at radius 3 is 1.82 bits per heavy atom. The highest BCUT2D eigenvalue weighted by Gasteiger charge is 2.35. The molecule has 1 aliphatic carbocycles. The summed E-state index contributed by atoms with van der Waals surface area (Å²) in [5.41, 5.74) is 0.475. The highest BCUT2D eigenvalue weighted by Crippen LogP contribution is 2.29. The van der Waals surface area contributed by atoms with Crippen LogP contribution in [0, 0.1) is 6.92 Å². The highest BCUT2D eigenvalue weighted by molar-refractivity contribution is 7.86. The molecule has 0 bridgehead atoms. The quantitative estimate of drug-likeness (QED) is 0.180. The van der Waals surface area contributed by atoms with Crippen molar-refractivity contribution in [2.24, 2.45) is 0 Å². The van der Waals surface area contributed by atoms with Gasteiger partial charge in [-0.05, 0) is 39.8 Å². The maximum absolute atomic E-state index is 12.3. The van der Waals surface area contributed by atoms with Crippen LogP contribution in [0.3, 0.4) is 0 Å². The van der Waals surface area contributed by atoms with Crippen LogP contribution in [0.2, 0.25) is 0 Å². The van der Waals surface area contributed by atoms with Crippen LogP contribution in [0.5, 0.6) is 0 Å². The Hall–Kier alpha value is -1.80. The van der Waals surface area contributed by atoms with Crippen molar-refractivity contribution >= 4 is 16.2 Å². The SMILES string of the molecule is Cc1ccc(S(=O)(=O)OC2CC(OCCOCCOCCOCCOCCN(C)C(=O)OC(C)(C)C)C2)cc1. The minimum Gasteiger partial charge on any atom is -0.444 e. The Morgan fingerprint density at radius 2 is 1.31 bits per heavy atom. The topological polar surface area (TPSA) is 119 Å². The fourth-order valence-corrected chi connectivity index (χ4v) is 4.44. The fourth-order valence-electron chi connectivity index (χ4n) is 3.34. The van der Waals surface area contributed by atoms with Gasteiger partial charge in [0.2, 0.25) is 0 Å². The molecule has 224 valence electrons. The van der Waals surface area contributed by atoms with E-state index in [4.69, 9.17) is 32.6 Å². The smallest absolute Gasteiger partial charge is 0.410 e. The van der Waals surface area contributed by atoms with E-state index < -0.39 is 15.7 Å². The maximum Gasteiger partial charge on any atom is 0.410 e. The average Bonchev–Trinajstić information content (AvgIpc) is 2.83. The second-order valence-electron chi connectivity index (χ2n) is 10.3. The largest absolute Gasteiger partial charge is 0.444 e. The molecular weight excluding hydrogens is 530 g/mol. The zero-order valence-electron chi connectivity index (χ0n) is 23.9. The van der Waals surface area contributed by atoms with Crippen molar-refractivity contribution in [1.29, 1.82) is 0 Å². The van der Waals surface area contributed by atoms with E-state index in [-0.39, 0.29) is 23.2 Å². The number of carbonyl (C=O) groups is 1. The zero-order chi connectivity index (χ0) is 28.7. The van der Waals surface area contributed by atoms with Crippen molar-refractivity contribution in [3.8, 4) is 0 Å². The number of amides is 1. The van der Waals surface area contributed by atoms with Crippen molar-refractivity contribution in [1.82, 2.24) is 4.90 Å². The lowest BCUT2D eigenvalue weighted by molar-refractivity contribution is -0.0774. The van der Waals surface area contributed by atoms with Crippen LogP contribution >= 0.6 is 0 Å². The van der Waals surface area contributed by atoms with Gasteiger partial charge < -0.3 is 33.3 Å². The molecule has 1 fully saturated rings. The lowest BCUT2D eigenvalue weighted by Gasteiger charge is -2.34. The van der Waals surface area contributed by atoms with Gasteiger partial charge in [-0.15, -0.1) is 0 Å². The summed E-state index contributed by atoms with van der Waals surface area (Å²) in [6, 6.07) is 6.61. The van der Waals surface area contributed by atoms with Gasteiger partial charge in [-0.25, -0.2) is 4.79 Å². The monoisotopic (exact) mass is 575 g/mol. The van der Waals surface area contributed by atoms with Crippen LogP contribution in [0.1, 0.15) is 39.2 Å². The molecule has 1 aromatic carbocycles. The Morgan fingerprint density at radius 1 is 0.821 bits per heavy atom. The zero-order valence-corrected chi connectivity index (χ0v) is 24.7. The van der Waals surface area contributed by atoms with Gasteiger partial charge in [0.15, 0.2) is 0 Å². The maximum atomic E-state index is 12.3. The first kappa shape index (κ1) is 33.4. The molecule has 1 aliphatic rings. The molecule has 12 heteroatoms. The van der Waals surface area contributed by atoms with Crippen LogP contribution in [0.15, 0.2) is 29.2 Å². The fraction of sp³-hybridized carbons (Fsp3) is 0.741. The number of carbonyl (C=O) groups excluding carboxylic acids is 1. The Bertz CT molecular complexity index is 927. The summed E-state index contributed by atoms with van der Waals surface area (Å²) in [6.07, 6.45) is 0.345. The summed E-state index contributed by atoms with van der Waals surface area (Å²) in [5.74, 6) is 0. The van der Waals surface area contributed by atoms with Crippen molar-refractivity contribution in [2.75, 3.05) is 73.1 Å². The molecule has 0 radical (unpaired) electrons. The van der Waals surface area contributed by atoms with Crippen molar-refractivity contribution in [3.63, 3.8) is 0 Å². The van der Waals surface area contributed by atoms with Gasteiger partial charge in [-0.3, -0.25) is 4.18 Å². The van der Waals surface area contributed by atoms with E-state index in [0.29, 0.717) is 78.8 Å². The molecule has 2 rings (SSSR count). The van der Waals surface area contributed by atoms with E-state index in [1.165, 1.54) is 4.90 Å². The number of rotatable bonds is 19. The number of hydrogen-bond acceptors (Lipinski definition) is 10. The third-order valence-corrected chi connectivity index (χ3v) is 6.97. The number of hydrogen-bond donors (Lipinski definition) is 0.